The fraction of sp³-hybridized carbons (Fsp3) is 0.667. The Balaban J connectivity index is 2.81. The molecule has 162 valence electrons. The molecule has 0 fully saturated rings. The summed E-state index contributed by atoms with van der Waals surface area (Å²) in [6.45, 7) is 1.06. The predicted octanol–water partition coefficient (Wildman–Crippen LogP) is -4.06. The Morgan fingerprint density at radius 2 is 1.89 bits per heavy atom. The van der Waals surface area contributed by atoms with E-state index in [2.05, 4.69) is 5.32 Å². The normalized spacial score (nSPS) is 28.7. The Kier molecular flexibility index (Phi) is 5.92. The van der Waals surface area contributed by atoms with Crippen molar-refractivity contribution in [2.45, 2.75) is 50.9 Å². The van der Waals surface area contributed by atoms with E-state index in [1.54, 1.807) is 0 Å². The highest BCUT2D eigenvalue weighted by Gasteiger charge is 2.59. The maximum atomic E-state index is 12.9. The lowest BCUT2D eigenvalue weighted by atomic mass is 9.92. The highest BCUT2D eigenvalue weighted by Crippen LogP contribution is 2.52. The first-order valence-electron chi connectivity index (χ1n) is 7.63. The van der Waals surface area contributed by atoms with E-state index in [4.69, 9.17) is 10.9 Å². The summed E-state index contributed by atoms with van der Waals surface area (Å²) in [7, 11) is -9.34. The van der Waals surface area contributed by atoms with E-state index in [1.165, 1.54) is 6.92 Å². The average Bonchev–Trinajstić information content (AvgIpc) is 2.81. The molecule has 0 spiro atoms. The van der Waals surface area contributed by atoms with Crippen LogP contribution in [0.15, 0.2) is 8.42 Å². The molecule has 0 saturated heterocycles. The SMILES string of the molecule is CC(O)CNC1c2c(sc(S(N)(=O)=O)c2O)S(=O)(=O)C(CC(O)(O)O)C1(N)O. The number of sulfone groups is 1. The maximum absolute atomic E-state index is 12.9. The van der Waals surface area contributed by atoms with Gasteiger partial charge in [0, 0.05) is 12.1 Å². The van der Waals surface area contributed by atoms with Crippen molar-refractivity contribution in [3.63, 3.8) is 0 Å². The highest BCUT2D eigenvalue weighted by molar-refractivity contribution is 7.95. The summed E-state index contributed by atoms with van der Waals surface area (Å²) in [5.41, 5.74) is 2.28. The van der Waals surface area contributed by atoms with Gasteiger partial charge in [-0.15, -0.1) is 11.3 Å². The van der Waals surface area contributed by atoms with E-state index in [1.807, 2.05) is 0 Å². The molecular formula is C12H21N3O10S3. The first-order valence-corrected chi connectivity index (χ1v) is 11.5. The third-order valence-corrected chi connectivity index (χ3v) is 9.51. The van der Waals surface area contributed by atoms with Crippen LogP contribution in [0.5, 0.6) is 5.75 Å². The van der Waals surface area contributed by atoms with E-state index < -0.39 is 75.1 Å². The van der Waals surface area contributed by atoms with Crippen molar-refractivity contribution in [1.82, 2.24) is 5.32 Å². The minimum absolute atomic E-state index is 0.0793. The van der Waals surface area contributed by atoms with E-state index in [9.17, 15) is 47.5 Å². The minimum atomic E-state index is -4.78. The molecule has 11 N–H and O–H groups in total. The zero-order valence-electron chi connectivity index (χ0n) is 14.3. The Hall–Kier alpha value is -0.920. The van der Waals surface area contributed by atoms with Crippen molar-refractivity contribution in [2.75, 3.05) is 6.54 Å². The largest absolute Gasteiger partial charge is 0.505 e. The van der Waals surface area contributed by atoms with Gasteiger partial charge in [-0.3, -0.25) is 0 Å². The topological polar surface area (TPSA) is 254 Å². The number of thiophene rings is 1. The predicted molar refractivity (Wildman–Crippen MR) is 93.9 cm³/mol. The van der Waals surface area contributed by atoms with E-state index in [-0.39, 0.29) is 17.9 Å². The number of hydrogen-bond acceptors (Lipinski definition) is 13. The third-order valence-electron chi connectivity index (χ3n) is 4.09. The lowest BCUT2D eigenvalue weighted by molar-refractivity contribution is -0.317. The molecule has 13 nitrogen and oxygen atoms in total. The fourth-order valence-corrected chi connectivity index (χ4v) is 7.79. The molecule has 2 heterocycles. The number of sulfonamides is 1. The number of hydrogen-bond donors (Lipinski definition) is 9. The summed E-state index contributed by atoms with van der Waals surface area (Å²) in [6, 6.07) is -1.68. The summed E-state index contributed by atoms with van der Waals surface area (Å²) in [6.07, 6.45) is -2.39. The first-order chi connectivity index (χ1) is 12.4. The van der Waals surface area contributed by atoms with Crippen molar-refractivity contribution < 1.29 is 47.5 Å². The number of aliphatic hydroxyl groups excluding tert-OH is 1. The van der Waals surface area contributed by atoms with Gasteiger partial charge in [0.15, 0.2) is 25.5 Å². The molecule has 1 aliphatic heterocycles. The van der Waals surface area contributed by atoms with Crippen molar-refractivity contribution in [3.05, 3.63) is 5.56 Å². The van der Waals surface area contributed by atoms with Gasteiger partial charge in [0.25, 0.3) is 16.0 Å². The quantitative estimate of drug-likeness (QED) is 0.183. The second-order valence-corrected chi connectivity index (χ2v) is 11.7. The van der Waals surface area contributed by atoms with Gasteiger partial charge >= 0.3 is 0 Å². The summed E-state index contributed by atoms with van der Waals surface area (Å²) < 4.78 is 47.5. The molecule has 16 heteroatoms. The number of nitrogens with two attached hydrogens (primary N) is 2. The molecule has 0 bridgehead atoms. The monoisotopic (exact) mass is 463 g/mol. The zero-order valence-corrected chi connectivity index (χ0v) is 16.8. The van der Waals surface area contributed by atoms with Crippen molar-refractivity contribution in [2.24, 2.45) is 10.9 Å². The number of nitrogens with one attached hydrogen (secondary N) is 1. The van der Waals surface area contributed by atoms with Crippen LogP contribution in [-0.4, -0.2) is 77.1 Å². The van der Waals surface area contributed by atoms with E-state index in [0.29, 0.717) is 0 Å². The highest BCUT2D eigenvalue weighted by atomic mass is 32.3. The molecule has 4 atom stereocenters. The number of aromatic hydroxyl groups is 1. The Bertz CT molecular complexity index is 962. The van der Waals surface area contributed by atoms with Gasteiger partial charge in [0.05, 0.1) is 18.6 Å². The van der Waals surface area contributed by atoms with Crippen LogP contribution in [0.25, 0.3) is 0 Å². The molecule has 0 amide bonds. The molecule has 1 aromatic rings. The molecule has 4 unspecified atom stereocenters. The van der Waals surface area contributed by atoms with Crippen LogP contribution >= 0.6 is 11.3 Å². The van der Waals surface area contributed by atoms with Gasteiger partial charge in [-0.25, -0.2) is 22.0 Å². The van der Waals surface area contributed by atoms with Crippen LogP contribution in [0.3, 0.4) is 0 Å². The van der Waals surface area contributed by atoms with Gasteiger partial charge < -0.3 is 41.7 Å². The molecule has 28 heavy (non-hydrogen) atoms. The second-order valence-electron chi connectivity index (χ2n) is 6.57. The molecule has 2 rings (SSSR count). The van der Waals surface area contributed by atoms with Crippen LogP contribution in [-0.2, 0) is 19.9 Å². The van der Waals surface area contributed by atoms with Crippen LogP contribution in [0.1, 0.15) is 24.9 Å². The Morgan fingerprint density at radius 1 is 1.36 bits per heavy atom. The standard InChI is InChI=1S/C12H21N3O10S3/c1-4(16)3-15-8-6-7(17)10(28(14,24)25)26-9(6)27(22,23)5(12(8,13)21)2-11(18,19)20/h4-5,8,15-21H,2-3,13H2,1H3,(H2,14,24,25). The molecular weight excluding hydrogens is 442 g/mol. The van der Waals surface area contributed by atoms with Crippen LogP contribution in [0.4, 0.5) is 0 Å². The summed E-state index contributed by atoms with van der Waals surface area (Å²) in [4.78, 5) is 0. The number of primary sulfonamides is 1. The minimum Gasteiger partial charge on any atom is -0.505 e. The number of fused-ring (bicyclic) bond motifs is 1. The van der Waals surface area contributed by atoms with E-state index in [0.717, 1.165) is 0 Å². The summed E-state index contributed by atoms with van der Waals surface area (Å²) in [5.74, 6) is -4.60. The third kappa shape index (κ3) is 4.17. The van der Waals surface area contributed by atoms with Gasteiger partial charge in [-0.05, 0) is 6.92 Å². The number of rotatable bonds is 6. The first kappa shape index (κ1) is 23.4. The maximum Gasteiger partial charge on any atom is 0.276 e. The van der Waals surface area contributed by atoms with Crippen LogP contribution < -0.4 is 16.2 Å². The van der Waals surface area contributed by atoms with Crippen LogP contribution in [0, 0.1) is 0 Å². The molecule has 0 saturated carbocycles. The molecule has 0 radical (unpaired) electrons. The molecule has 0 aromatic carbocycles. The van der Waals surface area contributed by atoms with E-state index >= 15 is 0 Å². The fourth-order valence-electron chi connectivity index (χ4n) is 2.92. The zero-order chi connectivity index (χ0) is 21.9. The smallest absolute Gasteiger partial charge is 0.276 e. The van der Waals surface area contributed by atoms with Gasteiger partial charge in [0.1, 0.15) is 9.46 Å². The molecule has 1 aromatic heterocycles. The molecule has 1 aliphatic rings. The Morgan fingerprint density at radius 3 is 2.32 bits per heavy atom. The summed E-state index contributed by atoms with van der Waals surface area (Å²) in [5, 5.41) is 63.4. The second kappa shape index (κ2) is 7.10. The van der Waals surface area contributed by atoms with Gasteiger partial charge in [0.2, 0.25) is 0 Å². The molecule has 0 aliphatic carbocycles. The number of aliphatic hydroxyl groups is 5. The Labute approximate surface area is 163 Å². The lowest BCUT2D eigenvalue weighted by Crippen LogP contribution is -2.65. The van der Waals surface area contributed by atoms with Crippen molar-refractivity contribution >= 4 is 31.2 Å². The van der Waals surface area contributed by atoms with Crippen LogP contribution in [0.2, 0.25) is 0 Å². The van der Waals surface area contributed by atoms with Crippen molar-refractivity contribution in [3.8, 4) is 5.75 Å². The lowest BCUT2D eigenvalue weighted by Gasteiger charge is -2.43. The van der Waals surface area contributed by atoms with Crippen molar-refractivity contribution in [1.29, 1.82) is 0 Å². The van der Waals surface area contributed by atoms with Gasteiger partial charge in [-0.1, -0.05) is 0 Å². The average molecular weight is 464 g/mol. The summed E-state index contributed by atoms with van der Waals surface area (Å²) >= 11 is 0.0793. The van der Waals surface area contributed by atoms with Gasteiger partial charge in [-0.2, -0.15) is 0 Å².